The minimum atomic E-state index is -0.0830. The molecular formula is C14H15N3O2S. The number of aryl methyl sites for hydroxylation is 1. The van der Waals surface area contributed by atoms with Gasteiger partial charge in [-0.3, -0.25) is 9.59 Å². The minimum absolute atomic E-state index is 0.0830. The van der Waals surface area contributed by atoms with Gasteiger partial charge in [-0.25, -0.2) is 4.98 Å². The molecule has 104 valence electrons. The number of amides is 1. The summed E-state index contributed by atoms with van der Waals surface area (Å²) in [5.74, 6) is 0.129. The van der Waals surface area contributed by atoms with Crippen molar-refractivity contribution in [3.05, 3.63) is 50.3 Å². The van der Waals surface area contributed by atoms with Crippen molar-refractivity contribution in [3.63, 3.8) is 0 Å². The fourth-order valence-corrected chi connectivity index (χ4v) is 3.13. The van der Waals surface area contributed by atoms with Crippen molar-refractivity contribution in [1.82, 2.24) is 14.9 Å². The van der Waals surface area contributed by atoms with Crippen molar-refractivity contribution in [2.45, 2.75) is 25.8 Å². The van der Waals surface area contributed by atoms with Gasteiger partial charge in [-0.1, -0.05) is 0 Å². The fourth-order valence-electron chi connectivity index (χ4n) is 2.42. The average molecular weight is 289 g/mol. The van der Waals surface area contributed by atoms with Crippen LogP contribution < -0.4 is 5.56 Å². The zero-order valence-electron chi connectivity index (χ0n) is 11.0. The van der Waals surface area contributed by atoms with Gasteiger partial charge in [0.05, 0.1) is 18.6 Å². The van der Waals surface area contributed by atoms with Crippen molar-refractivity contribution < 1.29 is 4.79 Å². The summed E-state index contributed by atoms with van der Waals surface area (Å²) in [5.41, 5.74) is 2.56. The quantitative estimate of drug-likeness (QED) is 0.927. The number of fused-ring (bicyclic) bond motifs is 1. The monoisotopic (exact) mass is 289 g/mol. The highest BCUT2D eigenvalue weighted by atomic mass is 32.1. The second-order valence-electron chi connectivity index (χ2n) is 4.85. The summed E-state index contributed by atoms with van der Waals surface area (Å²) >= 11 is 1.65. The smallest absolute Gasteiger partial charge is 0.254 e. The van der Waals surface area contributed by atoms with Gasteiger partial charge in [-0.05, 0) is 35.2 Å². The summed E-state index contributed by atoms with van der Waals surface area (Å²) in [4.78, 5) is 32.4. The lowest BCUT2D eigenvalue weighted by molar-refractivity contribution is -0.132. The zero-order chi connectivity index (χ0) is 13.9. The third kappa shape index (κ3) is 2.65. The van der Waals surface area contributed by atoms with Crippen LogP contribution in [0, 0.1) is 0 Å². The number of aromatic nitrogens is 2. The van der Waals surface area contributed by atoms with Gasteiger partial charge in [0, 0.05) is 18.5 Å². The molecule has 2 aromatic heterocycles. The van der Waals surface area contributed by atoms with E-state index >= 15 is 0 Å². The Balaban J connectivity index is 1.64. The number of hydrogen-bond acceptors (Lipinski definition) is 4. The number of nitrogens with zero attached hydrogens (tertiary/aromatic N) is 2. The molecule has 20 heavy (non-hydrogen) atoms. The number of H-pyrrole nitrogens is 1. The number of nitrogens with one attached hydrogen (secondary N) is 1. The van der Waals surface area contributed by atoms with Gasteiger partial charge in [-0.2, -0.15) is 11.3 Å². The molecule has 0 saturated heterocycles. The Hall–Kier alpha value is -1.95. The van der Waals surface area contributed by atoms with E-state index in [1.165, 1.54) is 11.9 Å². The third-order valence-corrected chi connectivity index (χ3v) is 4.30. The maximum Gasteiger partial charge on any atom is 0.254 e. The molecule has 0 aromatic carbocycles. The summed E-state index contributed by atoms with van der Waals surface area (Å²) in [7, 11) is 0. The minimum Gasteiger partial charge on any atom is -0.336 e. The van der Waals surface area contributed by atoms with E-state index in [0.717, 1.165) is 17.7 Å². The molecule has 0 bridgehead atoms. The molecule has 0 aliphatic carbocycles. The van der Waals surface area contributed by atoms with Gasteiger partial charge in [0.25, 0.3) is 5.56 Å². The summed E-state index contributed by atoms with van der Waals surface area (Å²) < 4.78 is 0. The lowest BCUT2D eigenvalue weighted by Gasteiger charge is -2.27. The van der Waals surface area contributed by atoms with E-state index in [1.807, 2.05) is 11.4 Å². The van der Waals surface area contributed by atoms with Crippen molar-refractivity contribution in [2.24, 2.45) is 0 Å². The molecular weight excluding hydrogens is 274 g/mol. The highest BCUT2D eigenvalue weighted by Gasteiger charge is 2.23. The second kappa shape index (κ2) is 5.58. The van der Waals surface area contributed by atoms with Crippen LogP contribution in [0.2, 0.25) is 0 Å². The van der Waals surface area contributed by atoms with Crippen LogP contribution >= 0.6 is 11.3 Å². The van der Waals surface area contributed by atoms with Crippen molar-refractivity contribution >= 4 is 17.2 Å². The highest BCUT2D eigenvalue weighted by Crippen LogP contribution is 2.15. The van der Waals surface area contributed by atoms with Crippen LogP contribution in [0.25, 0.3) is 0 Å². The number of rotatable bonds is 3. The summed E-state index contributed by atoms with van der Waals surface area (Å²) in [6, 6.07) is 2.05. The standard InChI is InChI=1S/C14H15N3O2S/c18-13(2-1-10-4-6-20-8-10)17-5-3-11-12(7-17)15-9-16-14(11)19/h4,6,8-9H,1-3,5,7H2,(H,15,16,19). The molecule has 6 heteroatoms. The topological polar surface area (TPSA) is 66.1 Å². The number of hydrogen-bond donors (Lipinski definition) is 1. The lowest BCUT2D eigenvalue weighted by atomic mass is 10.1. The van der Waals surface area contributed by atoms with Gasteiger partial charge in [0.2, 0.25) is 5.91 Å². The molecule has 0 fully saturated rings. The lowest BCUT2D eigenvalue weighted by Crippen LogP contribution is -2.39. The Labute approximate surface area is 120 Å². The van der Waals surface area contributed by atoms with E-state index in [9.17, 15) is 9.59 Å². The molecule has 0 atom stereocenters. The molecule has 3 rings (SSSR count). The average Bonchev–Trinajstić information content (AvgIpc) is 2.98. The molecule has 1 aliphatic rings. The number of carbonyl (C=O) groups is 1. The van der Waals surface area contributed by atoms with E-state index in [0.29, 0.717) is 25.9 Å². The maximum atomic E-state index is 12.2. The Morgan fingerprint density at radius 1 is 1.50 bits per heavy atom. The second-order valence-corrected chi connectivity index (χ2v) is 5.63. The van der Waals surface area contributed by atoms with E-state index in [1.54, 1.807) is 16.2 Å². The molecule has 0 spiro atoms. The van der Waals surface area contributed by atoms with E-state index < -0.39 is 0 Å². The maximum absolute atomic E-state index is 12.2. The van der Waals surface area contributed by atoms with Crippen LogP contribution in [0.1, 0.15) is 23.2 Å². The zero-order valence-corrected chi connectivity index (χ0v) is 11.8. The first kappa shape index (κ1) is 13.1. The Kier molecular flexibility index (Phi) is 3.64. The van der Waals surface area contributed by atoms with Gasteiger partial charge < -0.3 is 9.88 Å². The Morgan fingerprint density at radius 3 is 3.20 bits per heavy atom. The Bertz CT molecular complexity index is 663. The van der Waals surface area contributed by atoms with Crippen LogP contribution in [-0.2, 0) is 24.2 Å². The van der Waals surface area contributed by atoms with Crippen LogP contribution in [0.5, 0.6) is 0 Å². The van der Waals surface area contributed by atoms with Crippen LogP contribution in [0.3, 0.4) is 0 Å². The van der Waals surface area contributed by atoms with Crippen molar-refractivity contribution in [3.8, 4) is 0 Å². The first-order valence-electron chi connectivity index (χ1n) is 6.58. The SMILES string of the molecule is O=C(CCc1ccsc1)N1CCc2c(nc[nH]c2=O)C1. The van der Waals surface area contributed by atoms with Gasteiger partial charge in [-0.15, -0.1) is 0 Å². The molecule has 1 N–H and O–H groups in total. The molecule has 5 nitrogen and oxygen atoms in total. The van der Waals surface area contributed by atoms with Crippen LogP contribution in [0.15, 0.2) is 27.9 Å². The first-order valence-corrected chi connectivity index (χ1v) is 7.52. The Morgan fingerprint density at radius 2 is 2.40 bits per heavy atom. The summed E-state index contributed by atoms with van der Waals surface area (Å²) in [5, 5.41) is 4.09. The molecule has 0 radical (unpaired) electrons. The van der Waals surface area contributed by atoms with Gasteiger partial charge in [0.15, 0.2) is 0 Å². The van der Waals surface area contributed by atoms with Crippen LogP contribution in [0.4, 0.5) is 0 Å². The number of thiophene rings is 1. The molecule has 3 heterocycles. The predicted octanol–water partition coefficient (Wildman–Crippen LogP) is 1.35. The predicted molar refractivity (Wildman–Crippen MR) is 76.6 cm³/mol. The van der Waals surface area contributed by atoms with E-state index in [4.69, 9.17) is 0 Å². The highest BCUT2D eigenvalue weighted by molar-refractivity contribution is 7.07. The number of carbonyl (C=O) groups excluding carboxylic acids is 1. The molecule has 1 aliphatic heterocycles. The molecule has 0 saturated carbocycles. The molecule has 0 unspecified atom stereocenters. The first-order chi connectivity index (χ1) is 9.74. The molecule has 1 amide bonds. The van der Waals surface area contributed by atoms with Gasteiger partial charge >= 0.3 is 0 Å². The third-order valence-electron chi connectivity index (χ3n) is 3.57. The van der Waals surface area contributed by atoms with E-state index in [2.05, 4.69) is 15.3 Å². The molecule has 2 aromatic rings. The van der Waals surface area contributed by atoms with E-state index in [-0.39, 0.29) is 11.5 Å². The largest absolute Gasteiger partial charge is 0.336 e. The van der Waals surface area contributed by atoms with Crippen molar-refractivity contribution in [2.75, 3.05) is 6.54 Å². The summed E-state index contributed by atoms with van der Waals surface area (Å²) in [6.07, 6.45) is 3.27. The fraction of sp³-hybridized carbons (Fsp3) is 0.357. The normalized spacial score (nSPS) is 14.1. The number of aromatic amines is 1. The summed E-state index contributed by atoms with van der Waals surface area (Å²) in [6.45, 7) is 1.05. The van der Waals surface area contributed by atoms with Crippen molar-refractivity contribution in [1.29, 1.82) is 0 Å². The van der Waals surface area contributed by atoms with Gasteiger partial charge in [0.1, 0.15) is 0 Å². The van der Waals surface area contributed by atoms with Crippen LogP contribution in [-0.4, -0.2) is 27.3 Å².